The number of phenolic OH excluding ortho intramolecular Hbond substituents is 1. The fraction of sp³-hybridized carbons (Fsp3) is 0.500. The lowest BCUT2D eigenvalue weighted by molar-refractivity contribution is 0.0867. The number of halogens is 2. The molecule has 112 valence electrons. The minimum absolute atomic E-state index is 0.0220. The van der Waals surface area contributed by atoms with E-state index in [0.717, 1.165) is 19.3 Å². The van der Waals surface area contributed by atoms with Gasteiger partial charge in [0.25, 0.3) is 0 Å². The lowest BCUT2D eigenvalue weighted by atomic mass is 10.2. The van der Waals surface area contributed by atoms with Crippen LogP contribution in [0, 0.1) is 0 Å². The fourth-order valence-corrected chi connectivity index (χ4v) is 2.00. The average molecular weight is 320 g/mol. The first kappa shape index (κ1) is 16.9. The molecular formula is C14H19Cl2NO3. The molecule has 0 unspecified atom stereocenters. The van der Waals surface area contributed by atoms with Crippen molar-refractivity contribution in [3.05, 3.63) is 22.2 Å². The highest BCUT2D eigenvalue weighted by Gasteiger charge is 2.09. The van der Waals surface area contributed by atoms with Crippen LogP contribution in [0.2, 0.25) is 10.0 Å². The lowest BCUT2D eigenvalue weighted by Crippen LogP contribution is -1.99. The third kappa shape index (κ3) is 6.35. The Hall–Kier alpha value is -1.13. The number of aromatic hydroxyl groups is 1. The SMILES string of the molecule is CC(C)O/N=C/CCCCOc1c(Cl)cc(O)cc1Cl. The van der Waals surface area contributed by atoms with E-state index >= 15 is 0 Å². The molecule has 0 aliphatic rings. The van der Waals surface area contributed by atoms with Crippen LogP contribution >= 0.6 is 23.2 Å². The molecule has 1 rings (SSSR count). The summed E-state index contributed by atoms with van der Waals surface area (Å²) in [6, 6.07) is 2.80. The topological polar surface area (TPSA) is 51.0 Å². The normalized spacial score (nSPS) is 11.2. The van der Waals surface area contributed by atoms with Crippen LogP contribution in [0.15, 0.2) is 17.3 Å². The summed E-state index contributed by atoms with van der Waals surface area (Å²) in [5.74, 6) is 0.427. The van der Waals surface area contributed by atoms with Gasteiger partial charge in [-0.1, -0.05) is 28.4 Å². The molecule has 0 aliphatic carbocycles. The van der Waals surface area contributed by atoms with E-state index < -0.39 is 0 Å². The number of unbranched alkanes of at least 4 members (excludes halogenated alkanes) is 2. The Morgan fingerprint density at radius 3 is 2.50 bits per heavy atom. The van der Waals surface area contributed by atoms with E-state index in [1.165, 1.54) is 12.1 Å². The first-order valence-corrected chi connectivity index (χ1v) is 7.24. The van der Waals surface area contributed by atoms with E-state index in [9.17, 15) is 5.11 Å². The van der Waals surface area contributed by atoms with Crippen LogP contribution < -0.4 is 4.74 Å². The Morgan fingerprint density at radius 1 is 1.25 bits per heavy atom. The van der Waals surface area contributed by atoms with Gasteiger partial charge in [-0.05, 0) is 33.1 Å². The molecule has 0 saturated carbocycles. The molecule has 0 fully saturated rings. The summed E-state index contributed by atoms with van der Waals surface area (Å²) in [6.07, 6.45) is 4.46. The van der Waals surface area contributed by atoms with Gasteiger partial charge in [0.1, 0.15) is 11.9 Å². The predicted octanol–water partition coefficient (Wildman–Crippen LogP) is 4.66. The molecule has 0 aromatic heterocycles. The highest BCUT2D eigenvalue weighted by molar-refractivity contribution is 6.37. The molecule has 1 aromatic rings. The fourth-order valence-electron chi connectivity index (χ4n) is 1.41. The molecule has 6 heteroatoms. The second-order valence-corrected chi connectivity index (χ2v) is 5.34. The van der Waals surface area contributed by atoms with Crippen molar-refractivity contribution in [3.8, 4) is 11.5 Å². The molecule has 0 spiro atoms. The minimum Gasteiger partial charge on any atom is -0.508 e. The standard InChI is InChI=1S/C14H19Cl2NO3/c1-10(2)20-17-6-4-3-5-7-19-14-12(15)8-11(18)9-13(14)16/h6,8-10,18H,3-5,7H2,1-2H3/b17-6+. The van der Waals surface area contributed by atoms with Gasteiger partial charge in [-0.3, -0.25) is 0 Å². The molecule has 0 amide bonds. The van der Waals surface area contributed by atoms with Crippen molar-refractivity contribution < 1.29 is 14.7 Å². The van der Waals surface area contributed by atoms with E-state index in [-0.39, 0.29) is 11.9 Å². The smallest absolute Gasteiger partial charge is 0.156 e. The number of hydrogen-bond acceptors (Lipinski definition) is 4. The zero-order valence-corrected chi connectivity index (χ0v) is 13.1. The van der Waals surface area contributed by atoms with Crippen LogP contribution in [0.4, 0.5) is 0 Å². The monoisotopic (exact) mass is 319 g/mol. The minimum atomic E-state index is 0.0220. The molecule has 1 N–H and O–H groups in total. The van der Waals surface area contributed by atoms with Crippen molar-refractivity contribution in [2.24, 2.45) is 5.16 Å². The van der Waals surface area contributed by atoms with Crippen molar-refractivity contribution in [3.63, 3.8) is 0 Å². The number of rotatable bonds is 8. The molecule has 0 bridgehead atoms. The van der Waals surface area contributed by atoms with Crippen molar-refractivity contribution in [1.82, 2.24) is 0 Å². The first-order chi connectivity index (χ1) is 9.50. The Morgan fingerprint density at radius 2 is 1.90 bits per heavy atom. The van der Waals surface area contributed by atoms with Gasteiger partial charge in [-0.2, -0.15) is 0 Å². The zero-order valence-electron chi connectivity index (χ0n) is 11.6. The van der Waals surface area contributed by atoms with E-state index in [4.69, 9.17) is 32.8 Å². The maximum Gasteiger partial charge on any atom is 0.156 e. The van der Waals surface area contributed by atoms with Crippen molar-refractivity contribution in [1.29, 1.82) is 0 Å². The van der Waals surface area contributed by atoms with Crippen molar-refractivity contribution >= 4 is 29.4 Å². The van der Waals surface area contributed by atoms with Gasteiger partial charge in [0.15, 0.2) is 5.75 Å². The summed E-state index contributed by atoms with van der Waals surface area (Å²) in [5.41, 5.74) is 0. The van der Waals surface area contributed by atoms with Crippen LogP contribution in [0.3, 0.4) is 0 Å². The second-order valence-electron chi connectivity index (χ2n) is 4.52. The average Bonchev–Trinajstić information content (AvgIpc) is 2.34. The van der Waals surface area contributed by atoms with Gasteiger partial charge in [-0.15, -0.1) is 0 Å². The van der Waals surface area contributed by atoms with Gasteiger partial charge in [-0.25, -0.2) is 0 Å². The summed E-state index contributed by atoms with van der Waals surface area (Å²) in [5, 5.41) is 13.7. The Bertz CT molecular complexity index is 427. The number of benzene rings is 1. The number of nitrogens with zero attached hydrogens (tertiary/aromatic N) is 1. The molecular weight excluding hydrogens is 301 g/mol. The van der Waals surface area contributed by atoms with E-state index in [1.54, 1.807) is 6.21 Å². The molecule has 0 heterocycles. The van der Waals surface area contributed by atoms with Gasteiger partial charge in [0, 0.05) is 18.3 Å². The highest BCUT2D eigenvalue weighted by atomic mass is 35.5. The number of oxime groups is 1. The molecule has 20 heavy (non-hydrogen) atoms. The quantitative estimate of drug-likeness (QED) is 0.430. The largest absolute Gasteiger partial charge is 0.508 e. The molecule has 0 radical (unpaired) electrons. The van der Waals surface area contributed by atoms with Crippen LogP contribution in [0.5, 0.6) is 11.5 Å². The second kappa shape index (κ2) is 8.93. The number of phenols is 1. The lowest BCUT2D eigenvalue weighted by Gasteiger charge is -2.09. The highest BCUT2D eigenvalue weighted by Crippen LogP contribution is 2.36. The van der Waals surface area contributed by atoms with Crippen LogP contribution in [0.25, 0.3) is 0 Å². The maximum atomic E-state index is 9.30. The molecule has 4 nitrogen and oxygen atoms in total. The number of ether oxygens (including phenoxy) is 1. The van der Waals surface area contributed by atoms with Crippen molar-refractivity contribution in [2.75, 3.05) is 6.61 Å². The van der Waals surface area contributed by atoms with E-state index in [2.05, 4.69) is 5.16 Å². The van der Waals surface area contributed by atoms with Crippen LogP contribution in [-0.4, -0.2) is 24.0 Å². The Balaban J connectivity index is 2.23. The van der Waals surface area contributed by atoms with Gasteiger partial charge < -0.3 is 14.7 Å². The Kier molecular flexibility index (Phi) is 7.55. The summed E-state index contributed by atoms with van der Waals surface area (Å²) in [6.45, 7) is 4.36. The Labute approximate surface area is 129 Å². The van der Waals surface area contributed by atoms with E-state index in [1.807, 2.05) is 13.8 Å². The third-order valence-electron chi connectivity index (χ3n) is 2.30. The first-order valence-electron chi connectivity index (χ1n) is 6.49. The number of hydrogen-bond donors (Lipinski definition) is 1. The molecule has 0 atom stereocenters. The summed E-state index contributed by atoms with van der Waals surface area (Å²) >= 11 is 11.9. The summed E-state index contributed by atoms with van der Waals surface area (Å²) < 4.78 is 5.52. The van der Waals surface area contributed by atoms with E-state index in [0.29, 0.717) is 22.4 Å². The molecule has 1 aromatic carbocycles. The molecule has 0 saturated heterocycles. The van der Waals surface area contributed by atoms with Crippen LogP contribution in [-0.2, 0) is 4.84 Å². The van der Waals surface area contributed by atoms with Crippen molar-refractivity contribution in [2.45, 2.75) is 39.2 Å². The zero-order chi connectivity index (χ0) is 15.0. The van der Waals surface area contributed by atoms with Gasteiger partial charge >= 0.3 is 0 Å². The van der Waals surface area contributed by atoms with Gasteiger partial charge in [0.05, 0.1) is 16.7 Å². The van der Waals surface area contributed by atoms with Crippen LogP contribution in [0.1, 0.15) is 33.1 Å². The van der Waals surface area contributed by atoms with Gasteiger partial charge in [0.2, 0.25) is 0 Å². The predicted molar refractivity (Wildman–Crippen MR) is 82.2 cm³/mol. The summed E-state index contributed by atoms with van der Waals surface area (Å²) in [7, 11) is 0. The maximum absolute atomic E-state index is 9.30. The summed E-state index contributed by atoms with van der Waals surface area (Å²) in [4.78, 5) is 5.04. The molecule has 0 aliphatic heterocycles. The third-order valence-corrected chi connectivity index (χ3v) is 2.86.